The second-order valence-corrected chi connectivity index (χ2v) is 4.83. The summed E-state index contributed by atoms with van der Waals surface area (Å²) in [7, 11) is 0. The van der Waals surface area contributed by atoms with Gasteiger partial charge in [0.2, 0.25) is 0 Å². The fraction of sp³-hybridized carbons (Fsp3) is 0.250. The van der Waals surface area contributed by atoms with Gasteiger partial charge in [0.25, 0.3) is 0 Å². The standard InChI is InChI=1S/C16H18FN3O2/c1-12(11-22-15-7-3-2-6-14(15)17)20-16(21)19-10-13-5-4-8-18-9-13/h2-9,12H,10-11H2,1H3,(H2,19,20,21)/t12-/m1/s1. The van der Waals surface area contributed by atoms with E-state index in [9.17, 15) is 9.18 Å². The quantitative estimate of drug-likeness (QED) is 0.862. The Hall–Kier alpha value is -2.63. The number of nitrogens with one attached hydrogen (secondary N) is 2. The molecule has 22 heavy (non-hydrogen) atoms. The number of aromatic nitrogens is 1. The van der Waals surface area contributed by atoms with Gasteiger partial charge >= 0.3 is 6.03 Å². The van der Waals surface area contributed by atoms with Crippen molar-refractivity contribution in [3.63, 3.8) is 0 Å². The topological polar surface area (TPSA) is 63.2 Å². The Labute approximate surface area is 128 Å². The lowest BCUT2D eigenvalue weighted by atomic mass is 10.3. The molecular weight excluding hydrogens is 285 g/mol. The summed E-state index contributed by atoms with van der Waals surface area (Å²) in [4.78, 5) is 15.7. The summed E-state index contributed by atoms with van der Waals surface area (Å²) >= 11 is 0. The Kier molecular flexibility index (Phi) is 5.71. The number of pyridine rings is 1. The van der Waals surface area contributed by atoms with Gasteiger partial charge in [-0.3, -0.25) is 4.98 Å². The van der Waals surface area contributed by atoms with Crippen molar-refractivity contribution in [2.24, 2.45) is 0 Å². The molecule has 0 aliphatic heterocycles. The van der Waals surface area contributed by atoms with Crippen LogP contribution in [0.1, 0.15) is 12.5 Å². The molecule has 2 N–H and O–H groups in total. The van der Waals surface area contributed by atoms with Crippen LogP contribution in [0, 0.1) is 5.82 Å². The molecule has 1 aromatic carbocycles. The fourth-order valence-electron chi connectivity index (χ4n) is 1.78. The number of nitrogens with zero attached hydrogens (tertiary/aromatic N) is 1. The van der Waals surface area contributed by atoms with Gasteiger partial charge in [-0.15, -0.1) is 0 Å². The minimum Gasteiger partial charge on any atom is -0.488 e. The molecule has 1 atom stereocenters. The van der Waals surface area contributed by atoms with E-state index in [4.69, 9.17) is 4.74 Å². The van der Waals surface area contributed by atoms with E-state index in [1.165, 1.54) is 6.07 Å². The van der Waals surface area contributed by atoms with Crippen molar-refractivity contribution >= 4 is 6.03 Å². The Balaban J connectivity index is 1.71. The first-order valence-corrected chi connectivity index (χ1v) is 6.96. The summed E-state index contributed by atoms with van der Waals surface area (Å²) in [5.74, 6) is -0.248. The molecule has 0 spiro atoms. The lowest BCUT2D eigenvalue weighted by Crippen LogP contribution is -2.43. The molecule has 2 rings (SSSR count). The second-order valence-electron chi connectivity index (χ2n) is 4.83. The first kappa shape index (κ1) is 15.8. The third-order valence-electron chi connectivity index (χ3n) is 2.88. The van der Waals surface area contributed by atoms with Crippen LogP contribution in [-0.4, -0.2) is 23.7 Å². The number of benzene rings is 1. The number of para-hydroxylation sites is 1. The number of carbonyl (C=O) groups excluding carboxylic acids is 1. The van der Waals surface area contributed by atoms with Crippen molar-refractivity contribution in [1.29, 1.82) is 0 Å². The molecule has 2 amide bonds. The molecule has 0 bridgehead atoms. The van der Waals surface area contributed by atoms with E-state index in [-0.39, 0.29) is 24.4 Å². The van der Waals surface area contributed by atoms with Crippen LogP contribution in [-0.2, 0) is 6.54 Å². The highest BCUT2D eigenvalue weighted by Crippen LogP contribution is 2.15. The van der Waals surface area contributed by atoms with E-state index < -0.39 is 5.82 Å². The van der Waals surface area contributed by atoms with Crippen LogP contribution in [0.4, 0.5) is 9.18 Å². The normalized spacial score (nSPS) is 11.5. The van der Waals surface area contributed by atoms with Crippen molar-refractivity contribution in [3.8, 4) is 5.75 Å². The number of halogens is 1. The molecule has 5 nitrogen and oxygen atoms in total. The molecule has 2 aromatic rings. The van der Waals surface area contributed by atoms with E-state index in [1.54, 1.807) is 43.6 Å². The Morgan fingerprint density at radius 3 is 2.86 bits per heavy atom. The summed E-state index contributed by atoms with van der Waals surface area (Å²) in [6, 6.07) is 9.27. The fourth-order valence-corrected chi connectivity index (χ4v) is 1.78. The van der Waals surface area contributed by atoms with Gasteiger partial charge in [0.05, 0.1) is 6.04 Å². The number of hydrogen-bond donors (Lipinski definition) is 2. The maximum atomic E-state index is 13.4. The van der Waals surface area contributed by atoms with Crippen LogP contribution < -0.4 is 15.4 Å². The van der Waals surface area contributed by atoms with Gasteiger partial charge in [0, 0.05) is 18.9 Å². The minimum atomic E-state index is -0.421. The Morgan fingerprint density at radius 1 is 1.32 bits per heavy atom. The summed E-state index contributed by atoms with van der Waals surface area (Å²) < 4.78 is 18.7. The zero-order valence-corrected chi connectivity index (χ0v) is 12.3. The predicted octanol–water partition coefficient (Wildman–Crippen LogP) is 2.49. The van der Waals surface area contributed by atoms with E-state index in [0.717, 1.165) is 5.56 Å². The summed E-state index contributed by atoms with van der Waals surface area (Å²) in [5.41, 5.74) is 0.910. The van der Waals surface area contributed by atoms with Gasteiger partial charge in [-0.25, -0.2) is 9.18 Å². The predicted molar refractivity (Wildman–Crippen MR) is 81.0 cm³/mol. The van der Waals surface area contributed by atoms with E-state index in [2.05, 4.69) is 15.6 Å². The van der Waals surface area contributed by atoms with Crippen LogP contribution in [0.5, 0.6) is 5.75 Å². The maximum Gasteiger partial charge on any atom is 0.315 e. The first-order chi connectivity index (χ1) is 10.6. The number of ether oxygens (including phenoxy) is 1. The SMILES string of the molecule is C[C@H](COc1ccccc1F)NC(=O)NCc1cccnc1. The minimum absolute atomic E-state index is 0.173. The van der Waals surface area contributed by atoms with E-state index in [1.807, 2.05) is 6.07 Å². The zero-order valence-electron chi connectivity index (χ0n) is 12.3. The lowest BCUT2D eigenvalue weighted by molar-refractivity contribution is 0.224. The highest BCUT2D eigenvalue weighted by molar-refractivity contribution is 5.74. The molecule has 0 radical (unpaired) electrons. The molecule has 1 heterocycles. The van der Waals surface area contributed by atoms with Crippen molar-refractivity contribution in [3.05, 3.63) is 60.2 Å². The number of carbonyl (C=O) groups is 1. The highest BCUT2D eigenvalue weighted by atomic mass is 19.1. The third kappa shape index (κ3) is 5.05. The van der Waals surface area contributed by atoms with Crippen molar-refractivity contribution < 1.29 is 13.9 Å². The monoisotopic (exact) mass is 303 g/mol. The van der Waals surface area contributed by atoms with Gasteiger partial charge in [0.1, 0.15) is 6.61 Å². The summed E-state index contributed by atoms with van der Waals surface area (Å²) in [5, 5.41) is 5.44. The zero-order chi connectivity index (χ0) is 15.8. The van der Waals surface area contributed by atoms with Crippen LogP contribution in [0.3, 0.4) is 0 Å². The second kappa shape index (κ2) is 7.97. The summed E-state index contributed by atoms with van der Waals surface area (Å²) in [6.07, 6.45) is 3.36. The average Bonchev–Trinajstić information content (AvgIpc) is 2.53. The first-order valence-electron chi connectivity index (χ1n) is 6.96. The molecular formula is C16H18FN3O2. The van der Waals surface area contributed by atoms with Gasteiger partial charge in [0.15, 0.2) is 11.6 Å². The maximum absolute atomic E-state index is 13.4. The van der Waals surface area contributed by atoms with Gasteiger partial charge in [-0.2, -0.15) is 0 Å². The molecule has 116 valence electrons. The number of amides is 2. The number of hydrogen-bond acceptors (Lipinski definition) is 3. The van der Waals surface area contributed by atoms with Gasteiger partial charge < -0.3 is 15.4 Å². The van der Waals surface area contributed by atoms with E-state index >= 15 is 0 Å². The Bertz CT molecular complexity index is 607. The number of rotatable bonds is 6. The van der Waals surface area contributed by atoms with Crippen LogP contribution in [0.2, 0.25) is 0 Å². The molecule has 0 unspecified atom stereocenters. The molecule has 1 aromatic heterocycles. The molecule has 0 saturated carbocycles. The van der Waals surface area contributed by atoms with Crippen molar-refractivity contribution in [1.82, 2.24) is 15.6 Å². The van der Waals surface area contributed by atoms with Crippen molar-refractivity contribution in [2.75, 3.05) is 6.61 Å². The molecule has 6 heteroatoms. The number of urea groups is 1. The molecule has 0 aliphatic rings. The van der Waals surface area contributed by atoms with Crippen LogP contribution in [0.25, 0.3) is 0 Å². The van der Waals surface area contributed by atoms with E-state index in [0.29, 0.717) is 6.54 Å². The van der Waals surface area contributed by atoms with Gasteiger partial charge in [-0.1, -0.05) is 18.2 Å². The molecule has 0 aliphatic carbocycles. The summed E-state index contributed by atoms with van der Waals surface area (Å²) in [6.45, 7) is 2.35. The third-order valence-corrected chi connectivity index (χ3v) is 2.88. The van der Waals surface area contributed by atoms with Crippen LogP contribution in [0.15, 0.2) is 48.8 Å². The smallest absolute Gasteiger partial charge is 0.315 e. The average molecular weight is 303 g/mol. The highest BCUT2D eigenvalue weighted by Gasteiger charge is 2.09. The lowest BCUT2D eigenvalue weighted by Gasteiger charge is -2.16. The van der Waals surface area contributed by atoms with Crippen LogP contribution >= 0.6 is 0 Å². The van der Waals surface area contributed by atoms with Crippen molar-refractivity contribution in [2.45, 2.75) is 19.5 Å². The van der Waals surface area contributed by atoms with Gasteiger partial charge in [-0.05, 0) is 30.7 Å². The molecule has 0 saturated heterocycles. The largest absolute Gasteiger partial charge is 0.488 e. The Morgan fingerprint density at radius 2 is 2.14 bits per heavy atom. The molecule has 0 fully saturated rings.